The lowest BCUT2D eigenvalue weighted by Crippen LogP contribution is -2.46. The maximum Gasteiger partial charge on any atom is 0.209 e. The highest BCUT2D eigenvalue weighted by Gasteiger charge is 2.19. The molecule has 1 aliphatic heterocycles. The van der Waals surface area contributed by atoms with Gasteiger partial charge >= 0.3 is 0 Å². The molecule has 1 saturated heterocycles. The van der Waals surface area contributed by atoms with E-state index in [-0.39, 0.29) is 5.82 Å². The Kier molecular flexibility index (Phi) is 5.07. The third kappa shape index (κ3) is 4.11. The largest absolute Gasteiger partial charge is 0.497 e. The Morgan fingerprint density at radius 2 is 1.85 bits per heavy atom. The summed E-state index contributed by atoms with van der Waals surface area (Å²) in [4.78, 5) is 9.07. The molecule has 5 nitrogen and oxygen atoms in total. The van der Waals surface area contributed by atoms with E-state index in [1.807, 2.05) is 12.1 Å². The lowest BCUT2D eigenvalue weighted by molar-refractivity contribution is 0.227. The maximum absolute atomic E-state index is 13.0. The van der Waals surface area contributed by atoms with E-state index < -0.39 is 0 Å². The van der Waals surface area contributed by atoms with Crippen LogP contribution in [0, 0.1) is 5.82 Å². The van der Waals surface area contributed by atoms with Gasteiger partial charge in [0.05, 0.1) is 19.9 Å². The molecule has 1 aliphatic rings. The number of oxazole rings is 1. The molecule has 0 unspecified atom stereocenters. The molecule has 27 heavy (non-hydrogen) atoms. The van der Waals surface area contributed by atoms with Gasteiger partial charge in [-0.3, -0.25) is 4.90 Å². The van der Waals surface area contributed by atoms with Crippen molar-refractivity contribution in [2.45, 2.75) is 6.54 Å². The maximum atomic E-state index is 13.0. The van der Waals surface area contributed by atoms with Crippen molar-refractivity contribution in [2.24, 2.45) is 0 Å². The van der Waals surface area contributed by atoms with Crippen LogP contribution in [-0.2, 0) is 6.54 Å². The van der Waals surface area contributed by atoms with E-state index in [4.69, 9.17) is 9.15 Å². The predicted molar refractivity (Wildman–Crippen MR) is 102 cm³/mol. The van der Waals surface area contributed by atoms with Gasteiger partial charge < -0.3 is 14.1 Å². The van der Waals surface area contributed by atoms with Crippen molar-refractivity contribution < 1.29 is 13.5 Å². The van der Waals surface area contributed by atoms with Crippen molar-refractivity contribution in [3.8, 4) is 17.1 Å². The number of methoxy groups -OCH3 is 1. The lowest BCUT2D eigenvalue weighted by Gasteiger charge is -2.35. The van der Waals surface area contributed by atoms with E-state index in [0.29, 0.717) is 18.2 Å². The van der Waals surface area contributed by atoms with Gasteiger partial charge in [0, 0.05) is 43.5 Å². The minimum absolute atomic E-state index is 0.257. The molecule has 0 saturated carbocycles. The molecular weight excluding hydrogens is 345 g/mol. The highest BCUT2D eigenvalue weighted by Crippen LogP contribution is 2.24. The number of ether oxygens (including phenoxy) is 1. The molecule has 0 amide bonds. The number of hydrogen-bond donors (Lipinski definition) is 0. The van der Waals surface area contributed by atoms with Crippen molar-refractivity contribution in [1.29, 1.82) is 0 Å². The van der Waals surface area contributed by atoms with Gasteiger partial charge in [-0.25, -0.2) is 9.37 Å². The number of halogens is 1. The molecule has 4 rings (SSSR count). The molecule has 140 valence electrons. The highest BCUT2D eigenvalue weighted by molar-refractivity contribution is 5.56. The minimum atomic E-state index is -0.257. The summed E-state index contributed by atoms with van der Waals surface area (Å²) in [7, 11) is 1.69. The summed E-state index contributed by atoms with van der Waals surface area (Å²) in [6.45, 7) is 4.43. The predicted octanol–water partition coefficient (Wildman–Crippen LogP) is 3.81. The van der Waals surface area contributed by atoms with Gasteiger partial charge in [-0.2, -0.15) is 0 Å². The zero-order valence-corrected chi connectivity index (χ0v) is 15.3. The van der Waals surface area contributed by atoms with Crippen LogP contribution in [0.1, 0.15) is 5.89 Å². The van der Waals surface area contributed by atoms with Crippen molar-refractivity contribution in [2.75, 3.05) is 38.2 Å². The van der Waals surface area contributed by atoms with E-state index in [2.05, 4.69) is 26.9 Å². The van der Waals surface area contributed by atoms with E-state index in [1.165, 1.54) is 17.8 Å². The normalized spacial score (nSPS) is 15.1. The van der Waals surface area contributed by atoms with Crippen LogP contribution < -0.4 is 9.64 Å². The van der Waals surface area contributed by atoms with E-state index in [1.54, 1.807) is 25.4 Å². The van der Waals surface area contributed by atoms with Gasteiger partial charge in [-0.05, 0) is 36.4 Å². The SMILES string of the molecule is COc1cccc(N2CCN(Cc3ncc(-c4ccc(F)cc4)o3)CC2)c1. The molecule has 6 heteroatoms. The summed E-state index contributed by atoms with van der Waals surface area (Å²) in [6.07, 6.45) is 1.70. The molecular formula is C21H22FN3O2. The molecule has 1 fully saturated rings. The molecule has 0 bridgehead atoms. The highest BCUT2D eigenvalue weighted by atomic mass is 19.1. The molecule has 2 aromatic carbocycles. The first-order valence-corrected chi connectivity index (χ1v) is 9.03. The minimum Gasteiger partial charge on any atom is -0.497 e. The Morgan fingerprint density at radius 1 is 1.07 bits per heavy atom. The van der Waals surface area contributed by atoms with Crippen LogP contribution >= 0.6 is 0 Å². The summed E-state index contributed by atoms with van der Waals surface area (Å²) in [5.74, 6) is 1.97. The van der Waals surface area contributed by atoms with Gasteiger partial charge in [-0.15, -0.1) is 0 Å². The Labute approximate surface area is 158 Å². The summed E-state index contributed by atoms with van der Waals surface area (Å²) >= 11 is 0. The number of piperazine rings is 1. The van der Waals surface area contributed by atoms with E-state index >= 15 is 0 Å². The standard InChI is InChI=1S/C21H22FN3O2/c1-26-19-4-2-3-18(13-19)25-11-9-24(10-12-25)15-21-23-14-20(27-21)16-5-7-17(22)8-6-16/h2-8,13-14H,9-12,15H2,1H3. The smallest absolute Gasteiger partial charge is 0.209 e. The average Bonchev–Trinajstić information content (AvgIpc) is 3.17. The number of anilines is 1. The van der Waals surface area contributed by atoms with Gasteiger partial charge in [0.2, 0.25) is 5.89 Å². The Bertz CT molecular complexity index is 886. The number of rotatable bonds is 5. The first-order chi connectivity index (χ1) is 13.2. The first kappa shape index (κ1) is 17.5. The third-order valence-corrected chi connectivity index (χ3v) is 4.83. The van der Waals surface area contributed by atoms with Crippen molar-refractivity contribution in [1.82, 2.24) is 9.88 Å². The monoisotopic (exact) mass is 367 g/mol. The Hall–Kier alpha value is -2.86. The summed E-state index contributed by atoms with van der Waals surface area (Å²) in [5.41, 5.74) is 2.02. The number of aromatic nitrogens is 1. The second-order valence-corrected chi connectivity index (χ2v) is 6.59. The zero-order chi connectivity index (χ0) is 18.6. The molecule has 0 spiro atoms. The Balaban J connectivity index is 1.35. The van der Waals surface area contributed by atoms with Crippen LogP contribution in [0.4, 0.5) is 10.1 Å². The van der Waals surface area contributed by atoms with Crippen LogP contribution in [-0.4, -0.2) is 43.2 Å². The van der Waals surface area contributed by atoms with Gasteiger partial charge in [0.25, 0.3) is 0 Å². The van der Waals surface area contributed by atoms with E-state index in [9.17, 15) is 4.39 Å². The fourth-order valence-electron chi connectivity index (χ4n) is 3.29. The molecule has 0 radical (unpaired) electrons. The van der Waals surface area contributed by atoms with Crippen LogP contribution in [0.15, 0.2) is 59.1 Å². The van der Waals surface area contributed by atoms with Crippen LogP contribution in [0.25, 0.3) is 11.3 Å². The first-order valence-electron chi connectivity index (χ1n) is 9.03. The van der Waals surface area contributed by atoms with Crippen LogP contribution in [0.3, 0.4) is 0 Å². The second-order valence-electron chi connectivity index (χ2n) is 6.59. The van der Waals surface area contributed by atoms with Crippen LogP contribution in [0.5, 0.6) is 5.75 Å². The average molecular weight is 367 g/mol. The van der Waals surface area contributed by atoms with Crippen molar-refractivity contribution >= 4 is 5.69 Å². The number of nitrogens with zero attached hydrogens (tertiary/aromatic N) is 3. The molecule has 1 aromatic heterocycles. The number of hydrogen-bond acceptors (Lipinski definition) is 5. The lowest BCUT2D eigenvalue weighted by atomic mass is 10.2. The second kappa shape index (κ2) is 7.80. The molecule has 3 aromatic rings. The molecule has 0 N–H and O–H groups in total. The molecule has 0 aliphatic carbocycles. The Morgan fingerprint density at radius 3 is 2.59 bits per heavy atom. The summed E-state index contributed by atoms with van der Waals surface area (Å²) in [5, 5.41) is 0. The van der Waals surface area contributed by atoms with Gasteiger partial charge in [0.15, 0.2) is 5.76 Å². The van der Waals surface area contributed by atoms with Crippen molar-refractivity contribution in [3.05, 3.63) is 66.4 Å². The van der Waals surface area contributed by atoms with E-state index in [0.717, 1.165) is 37.5 Å². The molecule has 2 heterocycles. The fourth-order valence-corrected chi connectivity index (χ4v) is 3.29. The van der Waals surface area contributed by atoms with Gasteiger partial charge in [-0.1, -0.05) is 6.07 Å². The van der Waals surface area contributed by atoms with Crippen molar-refractivity contribution in [3.63, 3.8) is 0 Å². The topological polar surface area (TPSA) is 41.7 Å². The van der Waals surface area contributed by atoms with Gasteiger partial charge in [0.1, 0.15) is 11.6 Å². The summed E-state index contributed by atoms with van der Waals surface area (Å²) < 4.78 is 24.2. The third-order valence-electron chi connectivity index (χ3n) is 4.83. The quantitative estimate of drug-likeness (QED) is 0.686. The summed E-state index contributed by atoms with van der Waals surface area (Å²) in [6, 6.07) is 14.4. The number of benzene rings is 2. The van der Waals surface area contributed by atoms with Crippen LogP contribution in [0.2, 0.25) is 0 Å². The zero-order valence-electron chi connectivity index (χ0n) is 15.3. The molecule has 0 atom stereocenters. The fraction of sp³-hybridized carbons (Fsp3) is 0.286.